The van der Waals surface area contributed by atoms with Crippen LogP contribution in [0.3, 0.4) is 0 Å². The molecule has 1 rings (SSSR count). The van der Waals surface area contributed by atoms with Gasteiger partial charge in [-0.05, 0) is 25.3 Å². The van der Waals surface area contributed by atoms with Crippen molar-refractivity contribution < 1.29 is 8.42 Å². The Morgan fingerprint density at radius 1 is 1.50 bits per heavy atom. The third-order valence-corrected chi connectivity index (χ3v) is 4.21. The van der Waals surface area contributed by atoms with Gasteiger partial charge in [-0.1, -0.05) is 6.07 Å². The smallest absolute Gasteiger partial charge is 0.208 e. The molecule has 3 nitrogen and oxygen atoms in total. The molecule has 1 N–H and O–H groups in total. The van der Waals surface area contributed by atoms with Crippen LogP contribution in [0.4, 0.5) is 0 Å². The molecule has 0 saturated heterocycles. The molecule has 0 aliphatic rings. The molecule has 68 valence electrons. The molecule has 0 amide bonds. The van der Waals surface area contributed by atoms with Gasteiger partial charge in [-0.2, -0.15) is 0 Å². The Morgan fingerprint density at radius 2 is 2.17 bits per heavy atom. The van der Waals surface area contributed by atoms with Crippen molar-refractivity contribution in [3.8, 4) is 0 Å². The van der Waals surface area contributed by atoms with Crippen LogP contribution in [0, 0.1) is 0 Å². The van der Waals surface area contributed by atoms with Gasteiger partial charge >= 0.3 is 0 Å². The van der Waals surface area contributed by atoms with Crippen molar-refractivity contribution in [1.29, 1.82) is 0 Å². The third kappa shape index (κ3) is 2.30. The zero-order chi connectivity index (χ0) is 9.19. The Bertz CT molecular complexity index is 326. The summed E-state index contributed by atoms with van der Waals surface area (Å²) < 4.78 is 25.7. The first-order chi connectivity index (χ1) is 5.52. The summed E-state index contributed by atoms with van der Waals surface area (Å²) in [5.74, 6) is 0. The third-order valence-electron chi connectivity index (χ3n) is 1.15. The molecule has 0 atom stereocenters. The molecule has 1 heterocycles. The number of hydrogen-bond acceptors (Lipinski definition) is 3. The van der Waals surface area contributed by atoms with E-state index in [2.05, 4.69) is 4.72 Å². The molecule has 0 aliphatic heterocycles. The first kappa shape index (κ1) is 9.70. The van der Waals surface area contributed by atoms with Gasteiger partial charge in [0.2, 0.25) is 10.0 Å². The van der Waals surface area contributed by atoms with Crippen LogP contribution in [0.1, 0.15) is 13.8 Å². The summed E-state index contributed by atoms with van der Waals surface area (Å²) in [6.45, 7) is 3.59. The van der Waals surface area contributed by atoms with Gasteiger partial charge in [0.05, 0.1) is 0 Å². The van der Waals surface area contributed by atoms with Gasteiger partial charge in [0.25, 0.3) is 0 Å². The highest BCUT2D eigenvalue weighted by atomic mass is 32.2. The lowest BCUT2D eigenvalue weighted by molar-refractivity contribution is 0.572. The zero-order valence-corrected chi connectivity index (χ0v) is 8.58. The molecule has 12 heavy (non-hydrogen) atoms. The van der Waals surface area contributed by atoms with E-state index in [1.165, 1.54) is 11.3 Å². The molecule has 0 fully saturated rings. The fourth-order valence-corrected chi connectivity index (χ4v) is 3.05. The van der Waals surface area contributed by atoms with Gasteiger partial charge in [-0.3, -0.25) is 0 Å². The standard InChI is InChI=1S/C7H11NO2S2/c1-6(2)8-12(9,10)7-4-3-5-11-7/h3-6,8H,1-2H3. The number of hydrogen-bond donors (Lipinski definition) is 1. The van der Waals surface area contributed by atoms with E-state index in [1.54, 1.807) is 31.4 Å². The van der Waals surface area contributed by atoms with Crippen LogP contribution in [0.15, 0.2) is 21.7 Å². The largest absolute Gasteiger partial charge is 0.250 e. The van der Waals surface area contributed by atoms with Crippen molar-refractivity contribution in [2.75, 3.05) is 0 Å². The highest BCUT2D eigenvalue weighted by Gasteiger charge is 2.15. The lowest BCUT2D eigenvalue weighted by Crippen LogP contribution is -2.29. The van der Waals surface area contributed by atoms with E-state index >= 15 is 0 Å². The average molecular weight is 205 g/mol. The topological polar surface area (TPSA) is 46.2 Å². The van der Waals surface area contributed by atoms with E-state index in [4.69, 9.17) is 0 Å². The summed E-state index contributed by atoms with van der Waals surface area (Å²) >= 11 is 1.22. The van der Waals surface area contributed by atoms with E-state index in [-0.39, 0.29) is 6.04 Å². The Balaban J connectivity index is 2.88. The van der Waals surface area contributed by atoms with Gasteiger partial charge in [-0.15, -0.1) is 11.3 Å². The molecule has 1 aromatic rings. The quantitative estimate of drug-likeness (QED) is 0.811. The number of thiophene rings is 1. The van der Waals surface area contributed by atoms with Gasteiger partial charge in [0.1, 0.15) is 4.21 Å². The molecule has 0 saturated carbocycles. The molecule has 0 unspecified atom stereocenters. The highest BCUT2D eigenvalue weighted by molar-refractivity contribution is 7.91. The Morgan fingerprint density at radius 3 is 2.58 bits per heavy atom. The summed E-state index contributed by atoms with van der Waals surface area (Å²) in [4.78, 5) is 0. The second-order valence-corrected chi connectivity index (χ2v) is 5.60. The minimum Gasteiger partial charge on any atom is -0.208 e. The molecular weight excluding hydrogens is 194 g/mol. The fourth-order valence-electron chi connectivity index (χ4n) is 0.785. The second-order valence-electron chi connectivity index (χ2n) is 2.71. The molecule has 0 aliphatic carbocycles. The Kier molecular flexibility index (Phi) is 2.87. The maximum Gasteiger partial charge on any atom is 0.250 e. The molecule has 0 radical (unpaired) electrons. The molecular formula is C7H11NO2S2. The Labute approximate surface area is 76.5 Å². The maximum atomic E-state index is 11.4. The predicted octanol–water partition coefficient (Wildman–Crippen LogP) is 1.43. The minimum atomic E-state index is -3.25. The van der Waals surface area contributed by atoms with Crippen LogP contribution in [-0.2, 0) is 10.0 Å². The minimum absolute atomic E-state index is 0.0582. The van der Waals surface area contributed by atoms with Crippen molar-refractivity contribution in [2.24, 2.45) is 0 Å². The summed E-state index contributed by atoms with van der Waals surface area (Å²) in [5.41, 5.74) is 0. The maximum absolute atomic E-state index is 11.4. The van der Waals surface area contributed by atoms with Gasteiger partial charge < -0.3 is 0 Å². The summed E-state index contributed by atoms with van der Waals surface area (Å²) in [6.07, 6.45) is 0. The number of sulfonamides is 1. The first-order valence-electron chi connectivity index (χ1n) is 3.58. The number of nitrogens with one attached hydrogen (secondary N) is 1. The lowest BCUT2D eigenvalue weighted by Gasteiger charge is -2.06. The Hall–Kier alpha value is -0.390. The van der Waals surface area contributed by atoms with Gasteiger partial charge in [-0.25, -0.2) is 13.1 Å². The van der Waals surface area contributed by atoms with E-state index < -0.39 is 10.0 Å². The van der Waals surface area contributed by atoms with Crippen molar-refractivity contribution in [2.45, 2.75) is 24.1 Å². The van der Waals surface area contributed by atoms with Crippen LogP contribution in [0.2, 0.25) is 0 Å². The van der Waals surface area contributed by atoms with Gasteiger partial charge in [0.15, 0.2) is 0 Å². The van der Waals surface area contributed by atoms with Crippen LogP contribution < -0.4 is 4.72 Å². The van der Waals surface area contributed by atoms with Crippen LogP contribution >= 0.6 is 11.3 Å². The SMILES string of the molecule is CC(C)NS(=O)(=O)c1cccs1. The molecule has 0 bridgehead atoms. The molecule has 0 spiro atoms. The van der Waals surface area contributed by atoms with Crippen LogP contribution in [0.25, 0.3) is 0 Å². The summed E-state index contributed by atoms with van der Waals surface area (Å²) in [6, 6.07) is 3.26. The highest BCUT2D eigenvalue weighted by Crippen LogP contribution is 2.15. The van der Waals surface area contributed by atoms with E-state index in [9.17, 15) is 8.42 Å². The van der Waals surface area contributed by atoms with Crippen molar-refractivity contribution in [1.82, 2.24) is 4.72 Å². The normalized spacial score (nSPS) is 12.2. The fraction of sp³-hybridized carbons (Fsp3) is 0.429. The lowest BCUT2D eigenvalue weighted by atomic mass is 10.4. The number of rotatable bonds is 3. The molecule has 5 heteroatoms. The summed E-state index contributed by atoms with van der Waals surface area (Å²) in [5, 5.41) is 1.74. The molecule has 1 aromatic heterocycles. The predicted molar refractivity (Wildman–Crippen MR) is 49.8 cm³/mol. The van der Waals surface area contributed by atoms with Gasteiger partial charge in [0, 0.05) is 6.04 Å². The summed E-state index contributed by atoms with van der Waals surface area (Å²) in [7, 11) is -3.25. The van der Waals surface area contributed by atoms with Crippen LogP contribution in [0.5, 0.6) is 0 Å². The van der Waals surface area contributed by atoms with Crippen molar-refractivity contribution >= 4 is 21.4 Å². The molecule has 0 aromatic carbocycles. The first-order valence-corrected chi connectivity index (χ1v) is 5.94. The second kappa shape index (κ2) is 3.55. The monoisotopic (exact) mass is 205 g/mol. The van der Waals surface area contributed by atoms with E-state index in [0.717, 1.165) is 0 Å². The van der Waals surface area contributed by atoms with Crippen molar-refractivity contribution in [3.05, 3.63) is 17.5 Å². The zero-order valence-electron chi connectivity index (χ0n) is 6.94. The van der Waals surface area contributed by atoms with Crippen LogP contribution in [-0.4, -0.2) is 14.5 Å². The van der Waals surface area contributed by atoms with E-state index in [0.29, 0.717) is 4.21 Å². The average Bonchev–Trinajstić information content (AvgIpc) is 2.32. The van der Waals surface area contributed by atoms with Crippen molar-refractivity contribution in [3.63, 3.8) is 0 Å². The van der Waals surface area contributed by atoms with E-state index in [1.807, 2.05) is 0 Å².